The van der Waals surface area contributed by atoms with Gasteiger partial charge in [-0.05, 0) is 45.2 Å². The Morgan fingerprint density at radius 1 is 1.31 bits per heavy atom. The van der Waals surface area contributed by atoms with Gasteiger partial charge in [0.1, 0.15) is 0 Å². The third-order valence-corrected chi connectivity index (χ3v) is 3.75. The van der Waals surface area contributed by atoms with Crippen LogP contribution in [0.25, 0.3) is 0 Å². The Labute approximate surface area is 99.5 Å². The second-order valence-electron chi connectivity index (χ2n) is 5.13. The lowest BCUT2D eigenvalue weighted by Gasteiger charge is -2.40. The van der Waals surface area contributed by atoms with Crippen LogP contribution in [0, 0.1) is 0 Å². The molecule has 2 saturated heterocycles. The van der Waals surface area contributed by atoms with Gasteiger partial charge in [0.05, 0.1) is 6.10 Å². The Balaban J connectivity index is 1.76. The molecule has 0 aromatic heterocycles. The van der Waals surface area contributed by atoms with Crippen molar-refractivity contribution in [1.29, 1.82) is 0 Å². The summed E-state index contributed by atoms with van der Waals surface area (Å²) in [6.45, 7) is 7.94. The van der Waals surface area contributed by atoms with Crippen molar-refractivity contribution in [3.05, 3.63) is 0 Å². The summed E-state index contributed by atoms with van der Waals surface area (Å²) < 4.78 is 5.89. The summed E-state index contributed by atoms with van der Waals surface area (Å²) in [5.74, 6) is 0. The van der Waals surface area contributed by atoms with Crippen LogP contribution in [0.1, 0.15) is 39.0 Å². The van der Waals surface area contributed by atoms with Crippen LogP contribution < -0.4 is 5.32 Å². The van der Waals surface area contributed by atoms with Crippen molar-refractivity contribution in [2.75, 3.05) is 32.8 Å². The third kappa shape index (κ3) is 3.44. The summed E-state index contributed by atoms with van der Waals surface area (Å²) in [6.07, 6.45) is 6.91. The molecule has 0 amide bonds. The highest BCUT2D eigenvalue weighted by atomic mass is 16.5. The molecule has 2 heterocycles. The van der Waals surface area contributed by atoms with Crippen molar-refractivity contribution in [3.8, 4) is 0 Å². The first-order valence-electron chi connectivity index (χ1n) is 6.96. The first-order valence-corrected chi connectivity index (χ1v) is 6.96. The van der Waals surface area contributed by atoms with Gasteiger partial charge in [0, 0.05) is 25.7 Å². The molecule has 94 valence electrons. The number of likely N-dealkylation sites (tertiary alicyclic amines) is 1. The highest BCUT2D eigenvalue weighted by Gasteiger charge is 2.26. The van der Waals surface area contributed by atoms with Crippen LogP contribution in [0.2, 0.25) is 0 Å². The molecular formula is C13H26N2O. The summed E-state index contributed by atoms with van der Waals surface area (Å²) in [7, 11) is 0. The molecule has 0 bridgehead atoms. The molecule has 0 saturated carbocycles. The van der Waals surface area contributed by atoms with Crippen molar-refractivity contribution in [3.63, 3.8) is 0 Å². The monoisotopic (exact) mass is 226 g/mol. The lowest BCUT2D eigenvalue weighted by Crippen LogP contribution is -2.51. The van der Waals surface area contributed by atoms with E-state index < -0.39 is 0 Å². The van der Waals surface area contributed by atoms with E-state index in [9.17, 15) is 0 Å². The molecule has 3 heteroatoms. The maximum atomic E-state index is 5.89. The molecule has 0 radical (unpaired) electrons. The summed E-state index contributed by atoms with van der Waals surface area (Å²) in [4.78, 5) is 2.65. The fourth-order valence-corrected chi connectivity index (χ4v) is 2.86. The van der Waals surface area contributed by atoms with Crippen LogP contribution in [0.5, 0.6) is 0 Å². The fraction of sp³-hybridized carbons (Fsp3) is 1.00. The Bertz CT molecular complexity index is 192. The second-order valence-corrected chi connectivity index (χ2v) is 5.13. The van der Waals surface area contributed by atoms with E-state index >= 15 is 0 Å². The number of nitrogens with zero attached hydrogens (tertiary/aromatic N) is 1. The van der Waals surface area contributed by atoms with Crippen LogP contribution >= 0.6 is 0 Å². The maximum absolute atomic E-state index is 5.89. The summed E-state index contributed by atoms with van der Waals surface area (Å²) in [6, 6.07) is 0.766. The van der Waals surface area contributed by atoms with Gasteiger partial charge in [-0.2, -0.15) is 0 Å². The Hall–Kier alpha value is -0.120. The average molecular weight is 226 g/mol. The summed E-state index contributed by atoms with van der Waals surface area (Å²) >= 11 is 0. The van der Waals surface area contributed by atoms with E-state index in [1.807, 2.05) is 0 Å². The molecule has 3 nitrogen and oxygen atoms in total. The second kappa shape index (κ2) is 6.58. The first kappa shape index (κ1) is 12.3. The van der Waals surface area contributed by atoms with E-state index in [0.29, 0.717) is 6.10 Å². The summed E-state index contributed by atoms with van der Waals surface area (Å²) in [5, 5.41) is 3.51. The van der Waals surface area contributed by atoms with E-state index in [2.05, 4.69) is 17.1 Å². The molecule has 16 heavy (non-hydrogen) atoms. The van der Waals surface area contributed by atoms with Crippen molar-refractivity contribution in [2.45, 2.75) is 51.2 Å². The minimum Gasteiger partial charge on any atom is -0.377 e. The molecule has 2 aliphatic heterocycles. The number of piperidine rings is 2. The average Bonchev–Trinajstić information content (AvgIpc) is 2.38. The summed E-state index contributed by atoms with van der Waals surface area (Å²) in [5.41, 5.74) is 0. The standard InChI is InChI=1S/C13H26N2O/c1-2-9-16-13-6-4-8-15(11-13)12-5-3-7-14-10-12/h12-14H,2-11H2,1H3. The SMILES string of the molecule is CCCOC1CCCN(C2CCCNC2)C1. The van der Waals surface area contributed by atoms with Crippen molar-refractivity contribution in [1.82, 2.24) is 10.2 Å². The van der Waals surface area contributed by atoms with Gasteiger partial charge >= 0.3 is 0 Å². The number of ether oxygens (including phenoxy) is 1. The fourth-order valence-electron chi connectivity index (χ4n) is 2.86. The third-order valence-electron chi connectivity index (χ3n) is 3.75. The molecule has 2 unspecified atom stereocenters. The largest absolute Gasteiger partial charge is 0.377 e. The molecule has 0 aromatic carbocycles. The quantitative estimate of drug-likeness (QED) is 0.788. The lowest BCUT2D eigenvalue weighted by molar-refractivity contribution is -0.0153. The molecular weight excluding hydrogens is 200 g/mol. The minimum atomic E-state index is 0.496. The van der Waals surface area contributed by atoms with Crippen LogP contribution in [0.15, 0.2) is 0 Å². The molecule has 2 fully saturated rings. The number of hydrogen-bond donors (Lipinski definition) is 1. The van der Waals surface area contributed by atoms with Gasteiger partial charge < -0.3 is 10.1 Å². The van der Waals surface area contributed by atoms with E-state index in [1.54, 1.807) is 0 Å². The molecule has 0 spiro atoms. The van der Waals surface area contributed by atoms with Gasteiger partial charge in [0.15, 0.2) is 0 Å². The van der Waals surface area contributed by atoms with Crippen molar-refractivity contribution in [2.24, 2.45) is 0 Å². The van der Waals surface area contributed by atoms with E-state index in [1.165, 1.54) is 45.3 Å². The smallest absolute Gasteiger partial charge is 0.0702 e. The van der Waals surface area contributed by atoms with Crippen molar-refractivity contribution < 1.29 is 4.74 Å². The van der Waals surface area contributed by atoms with Gasteiger partial charge in [-0.3, -0.25) is 4.90 Å². The van der Waals surface area contributed by atoms with Crippen LogP contribution in [0.4, 0.5) is 0 Å². The first-order chi connectivity index (χ1) is 7.90. The number of rotatable bonds is 4. The topological polar surface area (TPSA) is 24.5 Å². The normalized spacial score (nSPS) is 32.8. The highest BCUT2D eigenvalue weighted by Crippen LogP contribution is 2.19. The molecule has 0 aromatic rings. The van der Waals surface area contributed by atoms with Gasteiger partial charge in [-0.15, -0.1) is 0 Å². The van der Waals surface area contributed by atoms with E-state index in [4.69, 9.17) is 4.74 Å². The zero-order valence-electron chi connectivity index (χ0n) is 10.6. The van der Waals surface area contributed by atoms with Gasteiger partial charge in [-0.25, -0.2) is 0 Å². The predicted molar refractivity (Wildman–Crippen MR) is 66.7 cm³/mol. The van der Waals surface area contributed by atoms with Crippen LogP contribution in [-0.4, -0.2) is 49.8 Å². The number of nitrogens with one attached hydrogen (secondary N) is 1. The van der Waals surface area contributed by atoms with Crippen LogP contribution in [0.3, 0.4) is 0 Å². The Morgan fingerprint density at radius 2 is 2.25 bits per heavy atom. The minimum absolute atomic E-state index is 0.496. The Morgan fingerprint density at radius 3 is 3.00 bits per heavy atom. The van der Waals surface area contributed by atoms with Crippen LogP contribution in [-0.2, 0) is 4.74 Å². The molecule has 0 aliphatic carbocycles. The number of hydrogen-bond acceptors (Lipinski definition) is 3. The predicted octanol–water partition coefficient (Wildman–Crippen LogP) is 1.63. The zero-order valence-corrected chi connectivity index (χ0v) is 10.6. The molecule has 2 atom stereocenters. The van der Waals surface area contributed by atoms with E-state index in [-0.39, 0.29) is 0 Å². The highest BCUT2D eigenvalue weighted by molar-refractivity contribution is 4.83. The van der Waals surface area contributed by atoms with Crippen molar-refractivity contribution >= 4 is 0 Å². The van der Waals surface area contributed by atoms with Gasteiger partial charge in [0.2, 0.25) is 0 Å². The van der Waals surface area contributed by atoms with Gasteiger partial charge in [-0.1, -0.05) is 6.92 Å². The molecule has 2 rings (SSSR count). The maximum Gasteiger partial charge on any atom is 0.0702 e. The molecule has 1 N–H and O–H groups in total. The zero-order chi connectivity index (χ0) is 11.2. The Kier molecular flexibility index (Phi) is 5.07. The van der Waals surface area contributed by atoms with E-state index in [0.717, 1.165) is 25.6 Å². The molecule has 2 aliphatic rings. The van der Waals surface area contributed by atoms with Gasteiger partial charge in [0.25, 0.3) is 0 Å². The lowest BCUT2D eigenvalue weighted by atomic mass is 10.0.